The van der Waals surface area contributed by atoms with E-state index < -0.39 is 0 Å². The molecule has 1 aromatic heterocycles. The summed E-state index contributed by atoms with van der Waals surface area (Å²) in [6, 6.07) is 10.3. The molecule has 2 amide bonds. The molecular weight excluding hydrogens is 326 g/mol. The summed E-state index contributed by atoms with van der Waals surface area (Å²) in [5.41, 5.74) is 4.63. The summed E-state index contributed by atoms with van der Waals surface area (Å²) in [5, 5.41) is 3.04. The van der Waals surface area contributed by atoms with Gasteiger partial charge in [0.25, 0.3) is 0 Å². The van der Waals surface area contributed by atoms with E-state index in [4.69, 9.17) is 4.74 Å². The zero-order chi connectivity index (χ0) is 18.4. The second-order valence-electron chi connectivity index (χ2n) is 7.04. The van der Waals surface area contributed by atoms with Crippen molar-refractivity contribution in [3.8, 4) is 0 Å². The Morgan fingerprint density at radius 2 is 2.08 bits per heavy atom. The van der Waals surface area contributed by atoms with Crippen LogP contribution < -0.4 is 5.32 Å². The van der Waals surface area contributed by atoms with Gasteiger partial charge >= 0.3 is 6.03 Å². The first-order valence-electron chi connectivity index (χ1n) is 9.20. The standard InChI is InChI=1S/C21H27N3O2/c1-16-9-17(2)11-19(10-16)13-23-21(25)24-8-4-6-20(14-24)26-15-18-5-3-7-22-12-18/h3,5,7,9-12,20H,4,6,8,13-15H2,1-2H3,(H,23,25)/t20-/m1/s1. The van der Waals surface area contributed by atoms with Crippen molar-refractivity contribution in [1.82, 2.24) is 15.2 Å². The highest BCUT2D eigenvalue weighted by molar-refractivity contribution is 5.74. The highest BCUT2D eigenvalue weighted by Crippen LogP contribution is 2.15. The highest BCUT2D eigenvalue weighted by Gasteiger charge is 2.24. The van der Waals surface area contributed by atoms with Gasteiger partial charge in [0, 0.05) is 32.0 Å². The van der Waals surface area contributed by atoms with Gasteiger partial charge in [-0.2, -0.15) is 0 Å². The largest absolute Gasteiger partial charge is 0.372 e. The summed E-state index contributed by atoms with van der Waals surface area (Å²) in [6.45, 7) is 6.67. The third-order valence-corrected chi connectivity index (χ3v) is 4.60. The van der Waals surface area contributed by atoms with Crippen molar-refractivity contribution in [3.63, 3.8) is 0 Å². The van der Waals surface area contributed by atoms with Crippen LogP contribution in [0.3, 0.4) is 0 Å². The lowest BCUT2D eigenvalue weighted by Gasteiger charge is -2.32. The minimum Gasteiger partial charge on any atom is -0.372 e. The molecule has 0 saturated carbocycles. The van der Waals surface area contributed by atoms with E-state index >= 15 is 0 Å². The predicted octanol–water partition coefficient (Wildman–Crippen LogP) is 3.59. The van der Waals surface area contributed by atoms with Crippen molar-refractivity contribution in [2.24, 2.45) is 0 Å². The molecule has 1 aliphatic rings. The fourth-order valence-corrected chi connectivity index (χ4v) is 3.42. The minimum atomic E-state index is -0.0150. The number of aryl methyl sites for hydroxylation is 2. The van der Waals surface area contributed by atoms with Crippen molar-refractivity contribution in [1.29, 1.82) is 0 Å². The van der Waals surface area contributed by atoms with Crippen LogP contribution in [0.25, 0.3) is 0 Å². The summed E-state index contributed by atoms with van der Waals surface area (Å²) < 4.78 is 5.98. The van der Waals surface area contributed by atoms with E-state index in [1.54, 1.807) is 6.20 Å². The fraction of sp³-hybridized carbons (Fsp3) is 0.429. The number of piperidine rings is 1. The van der Waals surface area contributed by atoms with Crippen molar-refractivity contribution in [2.45, 2.75) is 45.9 Å². The molecule has 1 atom stereocenters. The van der Waals surface area contributed by atoms with Crippen LogP contribution in [0.4, 0.5) is 4.79 Å². The Kier molecular flexibility index (Phi) is 6.23. The second-order valence-corrected chi connectivity index (χ2v) is 7.04. The van der Waals surface area contributed by atoms with Crippen LogP contribution >= 0.6 is 0 Å². The number of rotatable bonds is 5. The van der Waals surface area contributed by atoms with Gasteiger partial charge in [0.05, 0.1) is 12.7 Å². The molecule has 0 unspecified atom stereocenters. The number of ether oxygens (including phenoxy) is 1. The molecule has 1 aliphatic heterocycles. The van der Waals surface area contributed by atoms with Gasteiger partial charge in [-0.25, -0.2) is 4.79 Å². The van der Waals surface area contributed by atoms with E-state index in [0.29, 0.717) is 19.7 Å². The molecule has 138 valence electrons. The Bertz CT molecular complexity index is 713. The average Bonchev–Trinajstić information content (AvgIpc) is 2.65. The third-order valence-electron chi connectivity index (χ3n) is 4.60. The molecule has 2 heterocycles. The van der Waals surface area contributed by atoms with Crippen LogP contribution in [0.5, 0.6) is 0 Å². The zero-order valence-corrected chi connectivity index (χ0v) is 15.6. The molecule has 5 heteroatoms. The molecule has 0 radical (unpaired) electrons. The zero-order valence-electron chi connectivity index (χ0n) is 15.6. The third kappa shape index (κ3) is 5.30. The molecule has 1 N–H and O–H groups in total. The molecule has 2 aromatic rings. The number of hydrogen-bond donors (Lipinski definition) is 1. The number of nitrogens with zero attached hydrogens (tertiary/aromatic N) is 2. The monoisotopic (exact) mass is 353 g/mol. The van der Waals surface area contributed by atoms with Gasteiger partial charge in [-0.1, -0.05) is 35.4 Å². The molecule has 1 saturated heterocycles. The van der Waals surface area contributed by atoms with Gasteiger partial charge in [-0.3, -0.25) is 4.98 Å². The SMILES string of the molecule is Cc1cc(C)cc(CNC(=O)N2CCC[C@@H](OCc3cccnc3)C2)c1. The highest BCUT2D eigenvalue weighted by atomic mass is 16.5. The number of pyridine rings is 1. The number of aromatic nitrogens is 1. The smallest absolute Gasteiger partial charge is 0.317 e. The normalized spacial score (nSPS) is 17.2. The fourth-order valence-electron chi connectivity index (χ4n) is 3.42. The Labute approximate surface area is 155 Å². The summed E-state index contributed by atoms with van der Waals surface area (Å²) in [7, 11) is 0. The Morgan fingerprint density at radius 3 is 2.81 bits per heavy atom. The Morgan fingerprint density at radius 1 is 1.27 bits per heavy atom. The predicted molar refractivity (Wildman–Crippen MR) is 102 cm³/mol. The molecule has 0 bridgehead atoms. The van der Waals surface area contributed by atoms with Crippen molar-refractivity contribution >= 4 is 6.03 Å². The van der Waals surface area contributed by atoms with E-state index in [1.165, 1.54) is 11.1 Å². The van der Waals surface area contributed by atoms with Gasteiger partial charge in [-0.15, -0.1) is 0 Å². The maximum Gasteiger partial charge on any atom is 0.317 e. The molecule has 3 rings (SSSR count). The number of carbonyl (C=O) groups is 1. The molecule has 0 aliphatic carbocycles. The molecule has 1 aromatic carbocycles. The first kappa shape index (κ1) is 18.4. The van der Waals surface area contributed by atoms with Crippen LogP contribution in [0.2, 0.25) is 0 Å². The number of nitrogens with one attached hydrogen (secondary N) is 1. The number of carbonyl (C=O) groups excluding carboxylic acids is 1. The van der Waals surface area contributed by atoms with Crippen molar-refractivity contribution in [2.75, 3.05) is 13.1 Å². The van der Waals surface area contributed by atoms with Gasteiger partial charge in [0.2, 0.25) is 0 Å². The lowest BCUT2D eigenvalue weighted by molar-refractivity contribution is -0.000459. The Balaban J connectivity index is 1.48. The number of urea groups is 1. The summed E-state index contributed by atoms with van der Waals surface area (Å²) in [4.78, 5) is 18.5. The topological polar surface area (TPSA) is 54.5 Å². The van der Waals surface area contributed by atoms with E-state index in [0.717, 1.165) is 30.5 Å². The average molecular weight is 353 g/mol. The van der Waals surface area contributed by atoms with Crippen molar-refractivity contribution in [3.05, 3.63) is 65.0 Å². The van der Waals surface area contributed by atoms with E-state index in [9.17, 15) is 4.79 Å². The molecule has 0 spiro atoms. The lowest BCUT2D eigenvalue weighted by Crippen LogP contribution is -2.47. The maximum absolute atomic E-state index is 12.5. The quantitative estimate of drug-likeness (QED) is 0.894. The van der Waals surface area contributed by atoms with Crippen LogP contribution in [0.15, 0.2) is 42.7 Å². The van der Waals surface area contributed by atoms with Crippen molar-refractivity contribution < 1.29 is 9.53 Å². The summed E-state index contributed by atoms with van der Waals surface area (Å²) >= 11 is 0. The molecule has 1 fully saturated rings. The number of hydrogen-bond acceptors (Lipinski definition) is 3. The van der Waals surface area contributed by atoms with E-state index in [2.05, 4.69) is 42.3 Å². The summed E-state index contributed by atoms with van der Waals surface area (Å²) in [6.07, 6.45) is 5.61. The Hall–Kier alpha value is -2.40. The van der Waals surface area contributed by atoms with Crippen LogP contribution in [-0.2, 0) is 17.9 Å². The number of amides is 2. The van der Waals surface area contributed by atoms with Crippen LogP contribution in [0, 0.1) is 13.8 Å². The van der Waals surface area contributed by atoms with Gasteiger partial charge < -0.3 is 15.0 Å². The first-order valence-corrected chi connectivity index (χ1v) is 9.20. The van der Waals surface area contributed by atoms with Gasteiger partial charge in [-0.05, 0) is 43.9 Å². The molecule has 26 heavy (non-hydrogen) atoms. The number of likely N-dealkylation sites (tertiary alicyclic amines) is 1. The number of benzene rings is 1. The van der Waals surface area contributed by atoms with Gasteiger partial charge in [0.15, 0.2) is 0 Å². The summed E-state index contributed by atoms with van der Waals surface area (Å²) in [5.74, 6) is 0. The molecular formula is C21H27N3O2. The first-order chi connectivity index (χ1) is 12.6. The van der Waals surface area contributed by atoms with E-state index in [-0.39, 0.29) is 12.1 Å². The van der Waals surface area contributed by atoms with E-state index in [1.807, 2.05) is 23.2 Å². The van der Waals surface area contributed by atoms with Gasteiger partial charge in [0.1, 0.15) is 0 Å². The van der Waals surface area contributed by atoms with Crippen LogP contribution in [-0.4, -0.2) is 35.1 Å². The lowest BCUT2D eigenvalue weighted by atomic mass is 10.1. The maximum atomic E-state index is 12.5. The minimum absolute atomic E-state index is 0.0150. The second kappa shape index (κ2) is 8.81. The van der Waals surface area contributed by atoms with Crippen LogP contribution in [0.1, 0.15) is 35.1 Å². The molecule has 5 nitrogen and oxygen atoms in total.